The Kier molecular flexibility index (Phi) is 9.86. The van der Waals surface area contributed by atoms with Crippen LogP contribution in [0.2, 0.25) is 5.02 Å². The summed E-state index contributed by atoms with van der Waals surface area (Å²) in [5, 5.41) is 2.95. The molecule has 0 unspecified atom stereocenters. The van der Waals surface area contributed by atoms with Gasteiger partial charge in [0.1, 0.15) is 12.6 Å². The Hall–Kier alpha value is -3.57. The number of amides is 2. The third-order valence-corrected chi connectivity index (χ3v) is 8.32. The van der Waals surface area contributed by atoms with Gasteiger partial charge in [-0.2, -0.15) is 13.2 Å². The highest BCUT2D eigenvalue weighted by atomic mass is 35.5. The second-order valence-corrected chi connectivity index (χ2v) is 11.3. The molecule has 0 aliphatic rings. The minimum atomic E-state index is -4.75. The maximum absolute atomic E-state index is 13.8. The van der Waals surface area contributed by atoms with E-state index < -0.39 is 46.2 Å². The molecule has 0 saturated heterocycles. The number of nitrogens with one attached hydrogen (secondary N) is 1. The number of aryl methyl sites for hydroxylation is 1. The fourth-order valence-corrected chi connectivity index (χ4v) is 5.52. The zero-order valence-corrected chi connectivity index (χ0v) is 23.6. The van der Waals surface area contributed by atoms with Crippen molar-refractivity contribution in [2.24, 2.45) is 0 Å². The highest BCUT2D eigenvalue weighted by molar-refractivity contribution is 7.92. The molecule has 214 valence electrons. The lowest BCUT2D eigenvalue weighted by molar-refractivity contribution is -0.139. The van der Waals surface area contributed by atoms with Crippen molar-refractivity contribution in [2.45, 2.75) is 44.4 Å². The predicted octanol–water partition coefficient (Wildman–Crippen LogP) is 5.42. The SMILES string of the molecule is CCNC(=O)[C@H](C)N(Cc1ccccc1Cl)C(=O)CN(c1cccc(C(F)(F)F)c1)S(=O)(=O)c1ccc(C)cc1. The van der Waals surface area contributed by atoms with Gasteiger partial charge in [0.05, 0.1) is 16.1 Å². The zero-order valence-electron chi connectivity index (χ0n) is 22.1. The largest absolute Gasteiger partial charge is 0.416 e. The first-order valence-corrected chi connectivity index (χ1v) is 14.1. The highest BCUT2D eigenvalue weighted by Crippen LogP contribution is 2.33. The molecule has 0 aliphatic carbocycles. The molecule has 1 atom stereocenters. The van der Waals surface area contributed by atoms with Crippen molar-refractivity contribution in [1.82, 2.24) is 10.2 Å². The number of rotatable bonds is 10. The third-order valence-electron chi connectivity index (χ3n) is 6.17. The van der Waals surface area contributed by atoms with Gasteiger partial charge in [0.15, 0.2) is 0 Å². The topological polar surface area (TPSA) is 86.8 Å². The van der Waals surface area contributed by atoms with E-state index in [2.05, 4.69) is 5.32 Å². The smallest absolute Gasteiger partial charge is 0.355 e. The van der Waals surface area contributed by atoms with Crippen LogP contribution < -0.4 is 9.62 Å². The van der Waals surface area contributed by atoms with Crippen molar-refractivity contribution < 1.29 is 31.2 Å². The number of sulfonamides is 1. The van der Waals surface area contributed by atoms with Crippen LogP contribution in [0.1, 0.15) is 30.5 Å². The van der Waals surface area contributed by atoms with Crippen LogP contribution >= 0.6 is 11.6 Å². The van der Waals surface area contributed by atoms with Gasteiger partial charge in [-0.1, -0.05) is 53.6 Å². The molecule has 0 spiro atoms. The molecule has 40 heavy (non-hydrogen) atoms. The van der Waals surface area contributed by atoms with Crippen LogP contribution in [0.5, 0.6) is 0 Å². The Labute approximate surface area is 236 Å². The molecule has 3 aromatic rings. The minimum absolute atomic E-state index is 0.141. The molecule has 0 fully saturated rings. The molecule has 0 heterocycles. The Morgan fingerprint density at radius 1 is 1.00 bits per heavy atom. The van der Waals surface area contributed by atoms with E-state index in [-0.39, 0.29) is 23.7 Å². The summed E-state index contributed by atoms with van der Waals surface area (Å²) < 4.78 is 68.7. The molecule has 7 nitrogen and oxygen atoms in total. The molecule has 12 heteroatoms. The van der Waals surface area contributed by atoms with Crippen molar-refractivity contribution in [3.63, 3.8) is 0 Å². The van der Waals surface area contributed by atoms with E-state index in [1.54, 1.807) is 50.2 Å². The standard InChI is InChI=1S/C28H29ClF3N3O4S/c1-4-33-27(37)20(3)34(17-21-8-5-6-11-25(21)29)26(36)18-35(23-10-7-9-22(16-23)28(30,31)32)40(38,39)24-14-12-19(2)13-15-24/h5-16,20H,4,17-18H2,1-3H3,(H,33,37)/t20-/m0/s1. The van der Waals surface area contributed by atoms with Gasteiger partial charge in [-0.25, -0.2) is 8.42 Å². The van der Waals surface area contributed by atoms with Gasteiger partial charge >= 0.3 is 6.18 Å². The highest BCUT2D eigenvalue weighted by Gasteiger charge is 2.35. The molecule has 0 radical (unpaired) electrons. The number of anilines is 1. The van der Waals surface area contributed by atoms with Crippen LogP contribution in [-0.4, -0.2) is 44.3 Å². The monoisotopic (exact) mass is 595 g/mol. The lowest BCUT2D eigenvalue weighted by Crippen LogP contribution is -2.51. The van der Waals surface area contributed by atoms with Gasteiger partial charge in [-0.05, 0) is 62.7 Å². The molecule has 2 amide bonds. The first-order chi connectivity index (χ1) is 18.8. The lowest BCUT2D eigenvalue weighted by atomic mass is 10.1. The first kappa shape index (κ1) is 31.0. The summed E-state index contributed by atoms with van der Waals surface area (Å²) in [5.41, 5.74) is -0.166. The predicted molar refractivity (Wildman–Crippen MR) is 147 cm³/mol. The number of carbonyl (C=O) groups excluding carboxylic acids is 2. The maximum Gasteiger partial charge on any atom is 0.416 e. The summed E-state index contributed by atoms with van der Waals surface area (Å²) in [6.07, 6.45) is -4.75. The Morgan fingerprint density at radius 3 is 2.25 bits per heavy atom. The average molecular weight is 596 g/mol. The Morgan fingerprint density at radius 2 is 1.65 bits per heavy atom. The number of benzene rings is 3. The molecule has 3 rings (SSSR count). The Bertz CT molecular complexity index is 1460. The minimum Gasteiger partial charge on any atom is -0.355 e. The fraction of sp³-hybridized carbons (Fsp3) is 0.286. The van der Waals surface area contributed by atoms with E-state index in [0.29, 0.717) is 21.0 Å². The molecule has 1 N–H and O–H groups in total. The molecular formula is C28H29ClF3N3O4S. The number of hydrogen-bond acceptors (Lipinski definition) is 4. The summed E-state index contributed by atoms with van der Waals surface area (Å²) in [4.78, 5) is 27.5. The number of carbonyl (C=O) groups is 2. The summed E-state index contributed by atoms with van der Waals surface area (Å²) in [7, 11) is -4.51. The summed E-state index contributed by atoms with van der Waals surface area (Å²) >= 11 is 6.29. The zero-order chi connectivity index (χ0) is 29.7. The van der Waals surface area contributed by atoms with Gasteiger partial charge in [0.2, 0.25) is 11.8 Å². The number of hydrogen-bond donors (Lipinski definition) is 1. The van der Waals surface area contributed by atoms with Crippen LogP contribution in [0.25, 0.3) is 0 Å². The summed E-state index contributed by atoms with van der Waals surface area (Å²) in [5.74, 6) is -1.30. The van der Waals surface area contributed by atoms with E-state index in [0.717, 1.165) is 22.6 Å². The van der Waals surface area contributed by atoms with E-state index >= 15 is 0 Å². The van der Waals surface area contributed by atoms with Crippen molar-refractivity contribution in [3.8, 4) is 0 Å². The quantitative estimate of drug-likeness (QED) is 0.339. The maximum atomic E-state index is 13.8. The first-order valence-electron chi connectivity index (χ1n) is 12.3. The molecule has 0 saturated carbocycles. The second kappa shape index (κ2) is 12.7. The van der Waals surface area contributed by atoms with Crippen LogP contribution in [0.3, 0.4) is 0 Å². The van der Waals surface area contributed by atoms with Crippen molar-refractivity contribution in [3.05, 3.63) is 94.5 Å². The molecule has 0 bridgehead atoms. The second-order valence-electron chi connectivity index (χ2n) is 9.06. The molecule has 3 aromatic carbocycles. The molecule has 0 aromatic heterocycles. The van der Waals surface area contributed by atoms with Crippen molar-refractivity contribution in [2.75, 3.05) is 17.4 Å². The van der Waals surface area contributed by atoms with Gasteiger partial charge in [0.25, 0.3) is 10.0 Å². The van der Waals surface area contributed by atoms with Gasteiger partial charge in [-0.15, -0.1) is 0 Å². The van der Waals surface area contributed by atoms with Crippen LogP contribution in [0, 0.1) is 6.92 Å². The summed E-state index contributed by atoms with van der Waals surface area (Å²) in [6, 6.07) is 15.0. The van der Waals surface area contributed by atoms with E-state index in [1.807, 2.05) is 0 Å². The lowest BCUT2D eigenvalue weighted by Gasteiger charge is -2.32. The number of halogens is 4. The number of nitrogens with zero attached hydrogens (tertiary/aromatic N) is 2. The van der Waals surface area contributed by atoms with E-state index in [4.69, 9.17) is 11.6 Å². The van der Waals surface area contributed by atoms with Gasteiger partial charge < -0.3 is 10.2 Å². The van der Waals surface area contributed by atoms with Crippen LogP contribution in [0.4, 0.5) is 18.9 Å². The fourth-order valence-electron chi connectivity index (χ4n) is 3.92. The van der Waals surface area contributed by atoms with E-state index in [9.17, 15) is 31.2 Å². The van der Waals surface area contributed by atoms with Gasteiger partial charge in [-0.3, -0.25) is 13.9 Å². The average Bonchev–Trinajstić information content (AvgIpc) is 2.90. The Balaban J connectivity index is 2.10. The van der Waals surface area contributed by atoms with Crippen molar-refractivity contribution in [1.29, 1.82) is 0 Å². The molecular weight excluding hydrogens is 567 g/mol. The number of alkyl halides is 3. The normalized spacial score (nSPS) is 12.5. The third kappa shape index (κ3) is 7.33. The number of likely N-dealkylation sites (N-methyl/N-ethyl adjacent to an activating group) is 1. The van der Waals surface area contributed by atoms with Crippen molar-refractivity contribution >= 4 is 39.1 Å². The molecule has 0 aliphatic heterocycles. The van der Waals surface area contributed by atoms with Crippen LogP contribution in [0.15, 0.2) is 77.7 Å². The van der Waals surface area contributed by atoms with E-state index in [1.165, 1.54) is 25.1 Å². The van der Waals surface area contributed by atoms with Gasteiger partial charge in [0, 0.05) is 18.1 Å². The summed E-state index contributed by atoms with van der Waals surface area (Å²) in [6.45, 7) is 4.20. The van der Waals surface area contributed by atoms with Crippen LogP contribution in [-0.2, 0) is 32.3 Å².